The van der Waals surface area contributed by atoms with Gasteiger partial charge in [-0.05, 0) is 38.5 Å². The molecule has 0 aliphatic heterocycles. The molecule has 0 saturated heterocycles. The smallest absolute Gasteiger partial charge is 0.153 e. The summed E-state index contributed by atoms with van der Waals surface area (Å²) in [5, 5.41) is 3.49. The molecule has 0 aromatic heterocycles. The molecule has 0 bridgehead atoms. The van der Waals surface area contributed by atoms with Crippen LogP contribution < -0.4 is 5.32 Å². The van der Waals surface area contributed by atoms with Crippen molar-refractivity contribution in [2.24, 2.45) is 11.8 Å². The van der Waals surface area contributed by atoms with Crippen LogP contribution in [0.15, 0.2) is 0 Å². The van der Waals surface area contributed by atoms with E-state index >= 15 is 0 Å². The van der Waals surface area contributed by atoms with E-state index in [2.05, 4.69) is 19.2 Å². The van der Waals surface area contributed by atoms with Gasteiger partial charge in [0.1, 0.15) is 0 Å². The molecule has 1 aliphatic carbocycles. The van der Waals surface area contributed by atoms with Crippen LogP contribution >= 0.6 is 0 Å². The summed E-state index contributed by atoms with van der Waals surface area (Å²) in [6, 6.07) is 0.463. The van der Waals surface area contributed by atoms with Gasteiger partial charge in [0.25, 0.3) is 0 Å². The molecule has 2 unspecified atom stereocenters. The first-order chi connectivity index (χ1) is 7.65. The fraction of sp³-hybridized carbons (Fsp3) is 1.00. The Morgan fingerprint density at radius 3 is 2.06 bits per heavy atom. The largest absolute Gasteiger partial charge is 0.312 e. The molecule has 2 atom stereocenters. The molecule has 1 N–H and O–H groups in total. The Morgan fingerprint density at radius 2 is 1.65 bits per heavy atom. The van der Waals surface area contributed by atoms with Crippen LogP contribution in [0.5, 0.6) is 0 Å². The quantitative estimate of drug-likeness (QED) is 0.844. The van der Waals surface area contributed by atoms with Gasteiger partial charge in [-0.2, -0.15) is 0 Å². The summed E-state index contributed by atoms with van der Waals surface area (Å²) < 4.78 is 22.6. The molecule has 1 saturated carbocycles. The van der Waals surface area contributed by atoms with Crippen LogP contribution in [0, 0.1) is 11.8 Å². The van der Waals surface area contributed by atoms with Gasteiger partial charge in [0, 0.05) is 18.8 Å². The molecule has 0 radical (unpaired) electrons. The van der Waals surface area contributed by atoms with Crippen molar-refractivity contribution in [3.05, 3.63) is 0 Å². The van der Waals surface area contributed by atoms with Gasteiger partial charge in [-0.25, -0.2) is 8.42 Å². The third-order valence-electron chi connectivity index (χ3n) is 4.31. The summed E-state index contributed by atoms with van der Waals surface area (Å²) in [6.07, 6.45) is 5.13. The molecule has 0 spiro atoms. The van der Waals surface area contributed by atoms with E-state index in [1.165, 1.54) is 25.5 Å². The van der Waals surface area contributed by atoms with Gasteiger partial charge in [0.15, 0.2) is 9.84 Å². The second kappa shape index (κ2) is 5.27. The highest BCUT2D eigenvalue weighted by Gasteiger charge is 2.33. The number of rotatable bonds is 4. The van der Waals surface area contributed by atoms with Crippen LogP contribution in [0.2, 0.25) is 0 Å². The molecule has 1 fully saturated rings. The molecular weight excluding hydrogens is 234 g/mol. The van der Waals surface area contributed by atoms with Crippen molar-refractivity contribution in [1.29, 1.82) is 0 Å². The summed E-state index contributed by atoms with van der Waals surface area (Å²) in [7, 11) is -3.00. The van der Waals surface area contributed by atoms with Crippen molar-refractivity contribution in [2.75, 3.05) is 12.8 Å². The lowest BCUT2D eigenvalue weighted by Gasteiger charge is -2.37. The average molecular weight is 261 g/mol. The first-order valence-electron chi connectivity index (χ1n) is 6.58. The molecule has 4 heteroatoms. The summed E-state index contributed by atoms with van der Waals surface area (Å²) in [5.74, 6) is 1.29. The minimum Gasteiger partial charge on any atom is -0.312 e. The van der Waals surface area contributed by atoms with Gasteiger partial charge in [-0.15, -0.1) is 0 Å². The summed E-state index contributed by atoms with van der Waals surface area (Å²) in [4.78, 5) is 0. The predicted octanol–water partition coefficient (Wildman–Crippen LogP) is 2.22. The van der Waals surface area contributed by atoms with Crippen LogP contribution in [-0.4, -0.2) is 32.0 Å². The second-order valence-electron chi connectivity index (χ2n) is 6.32. The number of sulfone groups is 1. The van der Waals surface area contributed by atoms with Crippen LogP contribution in [0.1, 0.15) is 47.0 Å². The number of nitrogens with one attached hydrogen (secondary N) is 1. The van der Waals surface area contributed by atoms with Gasteiger partial charge in [0.05, 0.1) is 4.75 Å². The summed E-state index contributed by atoms with van der Waals surface area (Å²) >= 11 is 0. The first kappa shape index (κ1) is 15.0. The lowest BCUT2D eigenvalue weighted by molar-refractivity contribution is 0.206. The van der Waals surface area contributed by atoms with Crippen LogP contribution in [-0.2, 0) is 9.84 Å². The van der Waals surface area contributed by atoms with Crippen molar-refractivity contribution in [1.82, 2.24) is 5.32 Å². The number of hydrogen-bond acceptors (Lipinski definition) is 3. The van der Waals surface area contributed by atoms with Gasteiger partial charge in [-0.1, -0.05) is 20.3 Å². The van der Waals surface area contributed by atoms with E-state index in [0.29, 0.717) is 24.4 Å². The molecular formula is C13H27NO2S. The zero-order valence-electron chi connectivity index (χ0n) is 11.8. The molecule has 3 nitrogen and oxygen atoms in total. The van der Waals surface area contributed by atoms with Crippen LogP contribution in [0.4, 0.5) is 0 Å². The Kier molecular flexibility index (Phi) is 4.64. The minimum absolute atomic E-state index is 0.463. The fourth-order valence-corrected chi connectivity index (χ4v) is 2.92. The van der Waals surface area contributed by atoms with Crippen molar-refractivity contribution in [2.45, 2.75) is 57.7 Å². The highest BCUT2D eigenvalue weighted by atomic mass is 32.2. The van der Waals surface area contributed by atoms with Gasteiger partial charge < -0.3 is 5.32 Å². The second-order valence-corrected chi connectivity index (χ2v) is 8.97. The van der Waals surface area contributed by atoms with E-state index in [4.69, 9.17) is 0 Å². The summed E-state index contributed by atoms with van der Waals surface area (Å²) in [5.41, 5.74) is 0. The zero-order valence-corrected chi connectivity index (χ0v) is 12.6. The van der Waals surface area contributed by atoms with Crippen molar-refractivity contribution >= 4 is 9.84 Å². The van der Waals surface area contributed by atoms with E-state index in [1.807, 2.05) is 0 Å². The third kappa shape index (κ3) is 3.68. The normalized spacial score (nSPS) is 31.5. The van der Waals surface area contributed by atoms with Crippen molar-refractivity contribution in [3.63, 3.8) is 0 Å². The van der Waals surface area contributed by atoms with E-state index in [-0.39, 0.29) is 0 Å². The monoisotopic (exact) mass is 261 g/mol. The fourth-order valence-electron chi connectivity index (χ4n) is 2.58. The van der Waals surface area contributed by atoms with Crippen LogP contribution in [0.25, 0.3) is 0 Å². The van der Waals surface area contributed by atoms with Crippen LogP contribution in [0.3, 0.4) is 0 Å². The molecule has 1 rings (SSSR count). The standard InChI is InChI=1S/C13H27NO2S/c1-10-7-6-8-11(2)12(10)14-9-13(3,4)17(5,15)16/h10-12,14H,6-9H2,1-5H3. The minimum atomic E-state index is -3.00. The molecule has 0 heterocycles. The lowest BCUT2D eigenvalue weighted by Crippen LogP contribution is -2.50. The predicted molar refractivity (Wildman–Crippen MR) is 72.9 cm³/mol. The van der Waals surface area contributed by atoms with Crippen molar-refractivity contribution in [3.8, 4) is 0 Å². The molecule has 0 aromatic carbocycles. The first-order valence-corrected chi connectivity index (χ1v) is 8.47. The van der Waals surface area contributed by atoms with Gasteiger partial charge in [-0.3, -0.25) is 0 Å². The highest BCUT2D eigenvalue weighted by molar-refractivity contribution is 7.92. The Hall–Kier alpha value is -0.0900. The maximum atomic E-state index is 11.6. The van der Waals surface area contributed by atoms with Gasteiger partial charge >= 0.3 is 0 Å². The van der Waals surface area contributed by atoms with E-state index in [1.54, 1.807) is 13.8 Å². The Bertz CT molecular complexity index is 338. The number of hydrogen-bond donors (Lipinski definition) is 1. The Balaban J connectivity index is 2.61. The molecule has 1 aliphatic rings. The third-order valence-corrected chi connectivity index (χ3v) is 6.46. The topological polar surface area (TPSA) is 46.2 Å². The zero-order chi connectivity index (χ0) is 13.3. The summed E-state index contributed by atoms with van der Waals surface area (Å²) in [6.45, 7) is 8.67. The maximum Gasteiger partial charge on any atom is 0.153 e. The molecule has 17 heavy (non-hydrogen) atoms. The Morgan fingerprint density at radius 1 is 1.18 bits per heavy atom. The lowest BCUT2D eigenvalue weighted by atomic mass is 9.78. The Labute approximate surface area is 106 Å². The molecule has 102 valence electrons. The van der Waals surface area contributed by atoms with Gasteiger partial charge in [0.2, 0.25) is 0 Å². The maximum absolute atomic E-state index is 11.6. The SMILES string of the molecule is CC1CCCC(C)C1NCC(C)(C)S(C)(=O)=O. The molecule has 0 amide bonds. The van der Waals surface area contributed by atoms with E-state index < -0.39 is 14.6 Å². The van der Waals surface area contributed by atoms with E-state index in [9.17, 15) is 8.42 Å². The molecule has 0 aromatic rings. The highest BCUT2D eigenvalue weighted by Crippen LogP contribution is 2.29. The van der Waals surface area contributed by atoms with E-state index in [0.717, 1.165) is 0 Å². The average Bonchev–Trinajstić information content (AvgIpc) is 2.15. The van der Waals surface area contributed by atoms with Crippen molar-refractivity contribution < 1.29 is 8.42 Å².